The number of halogens is 1. The van der Waals surface area contributed by atoms with Gasteiger partial charge in [0.15, 0.2) is 0 Å². The number of carbonyl (C=O) groups excluding carboxylic acids is 1. The topological polar surface area (TPSA) is 96.5 Å². The Labute approximate surface area is 155 Å². The molecule has 1 aromatic carbocycles. The third kappa shape index (κ3) is 4.04. The summed E-state index contributed by atoms with van der Waals surface area (Å²) in [6, 6.07) is 7.14. The predicted molar refractivity (Wildman–Crippen MR) is 94.6 cm³/mol. The number of carboxylic acid groups (broad SMARTS) is 1. The molecule has 1 aliphatic heterocycles. The lowest BCUT2D eigenvalue weighted by Gasteiger charge is -2.20. The maximum absolute atomic E-state index is 12.3. The molecule has 0 saturated carbocycles. The molecule has 1 fully saturated rings. The van der Waals surface area contributed by atoms with E-state index in [0.717, 1.165) is 5.56 Å². The van der Waals surface area contributed by atoms with Crippen LogP contribution in [0.1, 0.15) is 32.1 Å². The van der Waals surface area contributed by atoms with Gasteiger partial charge in [0.1, 0.15) is 0 Å². The smallest absolute Gasteiger partial charge is 0.311 e. The highest BCUT2D eigenvalue weighted by atomic mass is 35.5. The molecule has 7 nitrogen and oxygen atoms in total. The van der Waals surface area contributed by atoms with E-state index in [1.807, 2.05) is 12.1 Å². The molecule has 1 aromatic heterocycles. The Morgan fingerprint density at radius 3 is 2.73 bits per heavy atom. The van der Waals surface area contributed by atoms with Gasteiger partial charge in [-0.3, -0.25) is 9.59 Å². The van der Waals surface area contributed by atoms with Crippen LogP contribution in [0.3, 0.4) is 0 Å². The monoisotopic (exact) mass is 377 g/mol. The number of aromatic nitrogens is 2. The van der Waals surface area contributed by atoms with E-state index in [4.69, 9.17) is 16.1 Å². The fraction of sp³-hybridized carbons (Fsp3) is 0.444. The van der Waals surface area contributed by atoms with Gasteiger partial charge >= 0.3 is 5.97 Å². The minimum atomic E-state index is -0.853. The Hall–Kier alpha value is -2.41. The van der Waals surface area contributed by atoms with Crippen molar-refractivity contribution in [2.45, 2.75) is 32.6 Å². The van der Waals surface area contributed by atoms with E-state index in [2.05, 4.69) is 10.1 Å². The van der Waals surface area contributed by atoms with Gasteiger partial charge in [0, 0.05) is 36.5 Å². The normalized spacial score (nSPS) is 19.7. The molecule has 3 rings (SSSR count). The summed E-state index contributed by atoms with van der Waals surface area (Å²) in [6.45, 7) is 2.44. The zero-order chi connectivity index (χ0) is 18.7. The number of aliphatic carboxylic acids is 1. The van der Waals surface area contributed by atoms with Crippen LogP contribution in [0.2, 0.25) is 5.02 Å². The van der Waals surface area contributed by atoms with Crippen molar-refractivity contribution in [3.63, 3.8) is 0 Å². The minimum absolute atomic E-state index is 0.0348. The molecule has 1 atom stereocenters. The zero-order valence-electron chi connectivity index (χ0n) is 14.4. The molecule has 2 heterocycles. The van der Waals surface area contributed by atoms with E-state index >= 15 is 0 Å². The summed E-state index contributed by atoms with van der Waals surface area (Å²) >= 11 is 5.86. The maximum atomic E-state index is 12.3. The third-order valence-electron chi connectivity index (χ3n) is 4.69. The van der Waals surface area contributed by atoms with Gasteiger partial charge in [-0.15, -0.1) is 0 Å². The van der Waals surface area contributed by atoms with Gasteiger partial charge in [-0.25, -0.2) is 0 Å². The minimum Gasteiger partial charge on any atom is -0.481 e. The first-order valence-corrected chi connectivity index (χ1v) is 8.85. The fourth-order valence-electron chi connectivity index (χ4n) is 2.97. The first-order valence-electron chi connectivity index (χ1n) is 8.47. The van der Waals surface area contributed by atoms with Crippen LogP contribution < -0.4 is 0 Å². The van der Waals surface area contributed by atoms with Crippen molar-refractivity contribution in [3.8, 4) is 11.4 Å². The molecular formula is C18H20ClN3O4. The highest BCUT2D eigenvalue weighted by molar-refractivity contribution is 6.30. The second kappa shape index (κ2) is 7.45. The van der Waals surface area contributed by atoms with Crippen molar-refractivity contribution in [3.05, 3.63) is 35.2 Å². The van der Waals surface area contributed by atoms with Crippen molar-refractivity contribution in [2.24, 2.45) is 5.41 Å². The van der Waals surface area contributed by atoms with Crippen LogP contribution in [-0.4, -0.2) is 45.1 Å². The van der Waals surface area contributed by atoms with Crippen molar-refractivity contribution >= 4 is 23.5 Å². The fourth-order valence-corrected chi connectivity index (χ4v) is 3.10. The third-order valence-corrected chi connectivity index (χ3v) is 4.95. The first kappa shape index (κ1) is 18.4. The van der Waals surface area contributed by atoms with E-state index < -0.39 is 11.4 Å². The lowest BCUT2D eigenvalue weighted by Crippen LogP contribution is -2.34. The van der Waals surface area contributed by atoms with E-state index in [1.165, 1.54) is 0 Å². The van der Waals surface area contributed by atoms with E-state index in [0.29, 0.717) is 49.0 Å². The molecule has 0 radical (unpaired) electrons. The van der Waals surface area contributed by atoms with Crippen molar-refractivity contribution < 1.29 is 19.2 Å². The van der Waals surface area contributed by atoms with Crippen molar-refractivity contribution in [2.75, 3.05) is 13.1 Å². The van der Waals surface area contributed by atoms with Crippen molar-refractivity contribution in [1.82, 2.24) is 15.0 Å². The van der Waals surface area contributed by atoms with Crippen molar-refractivity contribution in [1.29, 1.82) is 0 Å². The highest BCUT2D eigenvalue weighted by Gasteiger charge is 2.41. The molecule has 26 heavy (non-hydrogen) atoms. The van der Waals surface area contributed by atoms with Crippen LogP contribution in [0.4, 0.5) is 0 Å². The Bertz CT molecular complexity index is 805. The maximum Gasteiger partial charge on any atom is 0.311 e. The summed E-state index contributed by atoms with van der Waals surface area (Å²) in [5, 5.41) is 13.8. The number of aryl methyl sites for hydroxylation is 1. The van der Waals surface area contributed by atoms with E-state index in [1.54, 1.807) is 24.0 Å². The molecular weight excluding hydrogens is 358 g/mol. The highest BCUT2D eigenvalue weighted by Crippen LogP contribution is 2.30. The molecule has 8 heteroatoms. The quantitative estimate of drug-likeness (QED) is 0.831. The van der Waals surface area contributed by atoms with Crippen LogP contribution >= 0.6 is 11.6 Å². The molecule has 0 aliphatic carbocycles. The lowest BCUT2D eigenvalue weighted by molar-refractivity contribution is -0.147. The lowest BCUT2D eigenvalue weighted by atomic mass is 9.90. The summed E-state index contributed by atoms with van der Waals surface area (Å²) in [5.41, 5.74) is -0.0270. The number of carboxylic acids is 1. The van der Waals surface area contributed by atoms with Gasteiger partial charge < -0.3 is 14.5 Å². The number of likely N-dealkylation sites (tertiary alicyclic amines) is 1. The van der Waals surface area contributed by atoms with Gasteiger partial charge in [0.05, 0.1) is 5.41 Å². The number of nitrogens with zero attached hydrogens (tertiary/aromatic N) is 3. The van der Waals surface area contributed by atoms with Gasteiger partial charge in [-0.1, -0.05) is 16.8 Å². The average molecular weight is 378 g/mol. The van der Waals surface area contributed by atoms with Crippen LogP contribution in [0, 0.1) is 5.41 Å². The Morgan fingerprint density at radius 2 is 2.08 bits per heavy atom. The molecule has 138 valence electrons. The Balaban J connectivity index is 1.49. The number of hydrogen-bond acceptors (Lipinski definition) is 5. The summed E-state index contributed by atoms with van der Waals surface area (Å²) in [7, 11) is 0. The van der Waals surface area contributed by atoms with Crippen LogP contribution in [0.5, 0.6) is 0 Å². The van der Waals surface area contributed by atoms with Gasteiger partial charge in [0.25, 0.3) is 0 Å². The predicted octanol–water partition coefficient (Wildman–Crippen LogP) is 3.04. The SMILES string of the molecule is C[C@@]1(C(=O)O)CCN(C(=O)CCCc2nc(-c3ccc(Cl)cc3)no2)C1. The van der Waals surface area contributed by atoms with Gasteiger partial charge in [0.2, 0.25) is 17.6 Å². The number of benzene rings is 1. The second-order valence-electron chi connectivity index (χ2n) is 6.80. The van der Waals surface area contributed by atoms with Gasteiger partial charge in [-0.2, -0.15) is 4.98 Å². The summed E-state index contributed by atoms with van der Waals surface area (Å²) in [5.74, 6) is 0.0695. The van der Waals surface area contributed by atoms with Gasteiger partial charge in [-0.05, 0) is 44.0 Å². The van der Waals surface area contributed by atoms with E-state index in [9.17, 15) is 14.7 Å². The average Bonchev–Trinajstić information content (AvgIpc) is 3.23. The van der Waals surface area contributed by atoms with E-state index in [-0.39, 0.29) is 12.5 Å². The zero-order valence-corrected chi connectivity index (χ0v) is 15.2. The molecule has 1 saturated heterocycles. The number of hydrogen-bond donors (Lipinski definition) is 1. The summed E-state index contributed by atoms with van der Waals surface area (Å²) in [4.78, 5) is 29.5. The molecule has 0 spiro atoms. The number of carbonyl (C=O) groups is 2. The number of rotatable bonds is 6. The molecule has 0 bridgehead atoms. The molecule has 1 aliphatic rings. The van der Waals surface area contributed by atoms with Crippen LogP contribution in [0.15, 0.2) is 28.8 Å². The Kier molecular flexibility index (Phi) is 5.27. The molecule has 1 N–H and O–H groups in total. The summed E-state index contributed by atoms with van der Waals surface area (Å²) in [6.07, 6.45) is 1.88. The summed E-state index contributed by atoms with van der Waals surface area (Å²) < 4.78 is 5.22. The Morgan fingerprint density at radius 1 is 1.35 bits per heavy atom. The van der Waals surface area contributed by atoms with Crippen LogP contribution in [-0.2, 0) is 16.0 Å². The molecule has 1 amide bonds. The largest absolute Gasteiger partial charge is 0.481 e. The number of amides is 1. The standard InChI is InChI=1S/C18H20ClN3O4/c1-18(17(24)25)9-10-22(11-18)15(23)4-2-3-14-20-16(21-26-14)12-5-7-13(19)8-6-12/h5-8H,2-4,9-11H2,1H3,(H,24,25)/t18-/m1/s1. The molecule has 2 aromatic rings. The first-order chi connectivity index (χ1) is 12.4. The molecule has 0 unspecified atom stereocenters. The van der Waals surface area contributed by atoms with Crippen LogP contribution in [0.25, 0.3) is 11.4 Å². The second-order valence-corrected chi connectivity index (χ2v) is 7.24.